The monoisotopic (exact) mass is 367 g/mol. The highest BCUT2D eigenvalue weighted by molar-refractivity contribution is 7.80. The Balaban J connectivity index is 1.49. The first-order chi connectivity index (χ1) is 11.6. The number of fused-ring (bicyclic) bond motifs is 1. The fourth-order valence-electron chi connectivity index (χ4n) is 2.70. The molecule has 1 aliphatic heterocycles. The maximum absolute atomic E-state index is 5.36. The normalized spacial score (nSPS) is 15.4. The average molecular weight is 368 g/mol. The molecule has 0 saturated carbocycles. The standard InChI is InChI=1S/C15H22N6OS2/c1-10-11(2)24-14-12(10)13(17-9-18-14)19-20-15(23)16-3-4-21-5-7-22-8-6-21/h9H,3-8H2,1-2H3,(H2,16,20,23)(H,17,18,19)/p+1. The molecule has 0 aliphatic carbocycles. The summed E-state index contributed by atoms with van der Waals surface area (Å²) < 4.78 is 5.36. The number of quaternary nitrogens is 1. The predicted octanol–water partition coefficient (Wildman–Crippen LogP) is 0.0142. The lowest BCUT2D eigenvalue weighted by molar-refractivity contribution is -0.906. The molecule has 0 amide bonds. The number of ether oxygens (including phenoxy) is 1. The molecule has 0 bridgehead atoms. The number of aromatic nitrogens is 2. The highest BCUT2D eigenvalue weighted by Gasteiger charge is 2.14. The molecule has 2 aromatic rings. The summed E-state index contributed by atoms with van der Waals surface area (Å²) in [6.45, 7) is 9.88. The summed E-state index contributed by atoms with van der Waals surface area (Å²) in [5.41, 5.74) is 7.32. The molecular weight excluding hydrogens is 344 g/mol. The van der Waals surface area contributed by atoms with E-state index >= 15 is 0 Å². The zero-order valence-electron chi connectivity index (χ0n) is 13.9. The van der Waals surface area contributed by atoms with Gasteiger partial charge in [-0.1, -0.05) is 0 Å². The summed E-state index contributed by atoms with van der Waals surface area (Å²) in [5, 5.41) is 4.84. The van der Waals surface area contributed by atoms with Gasteiger partial charge in [-0.25, -0.2) is 9.97 Å². The lowest BCUT2D eigenvalue weighted by Gasteiger charge is -2.24. The minimum atomic E-state index is 0.569. The van der Waals surface area contributed by atoms with E-state index in [4.69, 9.17) is 17.0 Å². The van der Waals surface area contributed by atoms with Crippen LogP contribution in [0.3, 0.4) is 0 Å². The van der Waals surface area contributed by atoms with Crippen molar-refractivity contribution in [1.82, 2.24) is 20.7 Å². The van der Waals surface area contributed by atoms with Crippen LogP contribution in [-0.2, 0) is 4.74 Å². The van der Waals surface area contributed by atoms with Gasteiger partial charge in [0.2, 0.25) is 0 Å². The maximum Gasteiger partial charge on any atom is 0.185 e. The van der Waals surface area contributed by atoms with E-state index in [-0.39, 0.29) is 0 Å². The first-order valence-electron chi connectivity index (χ1n) is 8.07. The van der Waals surface area contributed by atoms with Crippen molar-refractivity contribution in [2.24, 2.45) is 0 Å². The van der Waals surface area contributed by atoms with Crippen molar-refractivity contribution in [3.05, 3.63) is 16.8 Å². The third-order valence-corrected chi connectivity index (χ3v) is 5.59. The topological polar surface area (TPSA) is 75.5 Å². The molecule has 7 nitrogen and oxygen atoms in total. The predicted molar refractivity (Wildman–Crippen MR) is 101 cm³/mol. The van der Waals surface area contributed by atoms with Gasteiger partial charge < -0.3 is 15.0 Å². The molecule has 4 N–H and O–H groups in total. The van der Waals surface area contributed by atoms with Crippen molar-refractivity contribution in [3.63, 3.8) is 0 Å². The van der Waals surface area contributed by atoms with E-state index < -0.39 is 0 Å². The molecule has 0 unspecified atom stereocenters. The first kappa shape index (κ1) is 17.3. The summed E-state index contributed by atoms with van der Waals surface area (Å²) in [4.78, 5) is 12.4. The smallest absolute Gasteiger partial charge is 0.185 e. The minimum absolute atomic E-state index is 0.569. The summed E-state index contributed by atoms with van der Waals surface area (Å²) in [5.74, 6) is 0.754. The number of aryl methyl sites for hydroxylation is 2. The zero-order valence-corrected chi connectivity index (χ0v) is 15.6. The number of nitrogens with one attached hydrogen (secondary N) is 4. The van der Waals surface area contributed by atoms with E-state index in [0.717, 1.165) is 55.4 Å². The average Bonchev–Trinajstić information content (AvgIpc) is 2.89. The Morgan fingerprint density at radius 2 is 2.12 bits per heavy atom. The van der Waals surface area contributed by atoms with Gasteiger partial charge in [0.25, 0.3) is 0 Å². The number of thiophene rings is 1. The second-order valence-electron chi connectivity index (χ2n) is 5.80. The van der Waals surface area contributed by atoms with Crippen LogP contribution in [0.1, 0.15) is 10.4 Å². The van der Waals surface area contributed by atoms with Gasteiger partial charge in [-0.2, -0.15) is 0 Å². The van der Waals surface area contributed by atoms with Crippen molar-refractivity contribution in [2.75, 3.05) is 44.8 Å². The van der Waals surface area contributed by atoms with Gasteiger partial charge in [0.15, 0.2) is 10.9 Å². The SMILES string of the molecule is Cc1sc2ncnc(NNC(=S)NCC[NH+]3CCOCC3)c2c1C. The molecule has 1 fully saturated rings. The van der Waals surface area contributed by atoms with E-state index in [2.05, 4.69) is 40.0 Å². The van der Waals surface area contributed by atoms with Crippen LogP contribution >= 0.6 is 23.6 Å². The summed E-state index contributed by atoms with van der Waals surface area (Å²) in [7, 11) is 0. The molecule has 1 aliphatic rings. The second kappa shape index (κ2) is 8.02. The van der Waals surface area contributed by atoms with E-state index in [1.807, 2.05) is 0 Å². The van der Waals surface area contributed by atoms with Crippen LogP contribution in [-0.4, -0.2) is 54.5 Å². The van der Waals surface area contributed by atoms with Crippen LogP contribution in [0.4, 0.5) is 5.82 Å². The van der Waals surface area contributed by atoms with E-state index in [9.17, 15) is 0 Å². The largest absolute Gasteiger partial charge is 0.370 e. The van der Waals surface area contributed by atoms with E-state index in [1.54, 1.807) is 22.6 Å². The zero-order chi connectivity index (χ0) is 16.9. The highest BCUT2D eigenvalue weighted by atomic mass is 32.1. The number of nitrogens with zero attached hydrogens (tertiary/aromatic N) is 2. The quantitative estimate of drug-likeness (QED) is 0.438. The molecule has 0 spiro atoms. The molecular formula is C15H23N6OS2+. The first-order valence-corrected chi connectivity index (χ1v) is 9.29. The van der Waals surface area contributed by atoms with Crippen molar-refractivity contribution in [3.8, 4) is 0 Å². The Morgan fingerprint density at radius 1 is 1.33 bits per heavy atom. The molecule has 9 heteroatoms. The van der Waals surface area contributed by atoms with Crippen molar-refractivity contribution in [1.29, 1.82) is 0 Å². The van der Waals surface area contributed by atoms with Crippen LogP contribution in [0.15, 0.2) is 6.33 Å². The number of hydrogen-bond donors (Lipinski definition) is 4. The summed E-state index contributed by atoms with van der Waals surface area (Å²) >= 11 is 7.00. The molecule has 24 heavy (non-hydrogen) atoms. The Labute approximate surface area is 150 Å². The molecule has 0 atom stereocenters. The Kier molecular flexibility index (Phi) is 5.77. The van der Waals surface area contributed by atoms with Gasteiger partial charge in [-0.05, 0) is 31.6 Å². The highest BCUT2D eigenvalue weighted by Crippen LogP contribution is 2.31. The van der Waals surface area contributed by atoms with E-state index in [0.29, 0.717) is 5.11 Å². The van der Waals surface area contributed by atoms with Gasteiger partial charge in [0, 0.05) is 4.88 Å². The lowest BCUT2D eigenvalue weighted by atomic mass is 10.2. The lowest BCUT2D eigenvalue weighted by Crippen LogP contribution is -3.14. The second-order valence-corrected chi connectivity index (χ2v) is 7.42. The van der Waals surface area contributed by atoms with Crippen LogP contribution in [0.25, 0.3) is 10.2 Å². The van der Waals surface area contributed by atoms with Crippen LogP contribution < -0.4 is 21.1 Å². The van der Waals surface area contributed by atoms with Crippen LogP contribution in [0, 0.1) is 13.8 Å². The molecule has 2 aromatic heterocycles. The van der Waals surface area contributed by atoms with Gasteiger partial charge in [-0.15, -0.1) is 11.3 Å². The molecule has 1 saturated heterocycles. The third kappa shape index (κ3) is 4.10. The number of rotatable bonds is 5. The van der Waals surface area contributed by atoms with Crippen molar-refractivity contribution >= 4 is 44.7 Å². The maximum atomic E-state index is 5.36. The fraction of sp³-hybridized carbons (Fsp3) is 0.533. The Hall–Kier alpha value is -1.55. The number of thiocarbonyl (C=S) groups is 1. The van der Waals surface area contributed by atoms with Gasteiger partial charge in [0.05, 0.1) is 31.7 Å². The molecule has 3 heterocycles. The molecule has 130 valence electrons. The van der Waals surface area contributed by atoms with Gasteiger partial charge in [-0.3, -0.25) is 10.9 Å². The summed E-state index contributed by atoms with van der Waals surface area (Å²) in [6, 6.07) is 0. The van der Waals surface area contributed by atoms with Gasteiger partial charge >= 0.3 is 0 Å². The third-order valence-electron chi connectivity index (χ3n) is 4.22. The number of anilines is 1. The van der Waals surface area contributed by atoms with Crippen molar-refractivity contribution < 1.29 is 9.64 Å². The Bertz CT molecular complexity index is 713. The number of hydrogen-bond acceptors (Lipinski definition) is 6. The molecule has 3 rings (SSSR count). The number of hydrazine groups is 1. The van der Waals surface area contributed by atoms with E-state index in [1.165, 1.54) is 10.4 Å². The molecule has 0 aromatic carbocycles. The van der Waals surface area contributed by atoms with Crippen LogP contribution in [0.2, 0.25) is 0 Å². The van der Waals surface area contributed by atoms with Crippen molar-refractivity contribution in [2.45, 2.75) is 13.8 Å². The van der Waals surface area contributed by atoms with Gasteiger partial charge in [0.1, 0.15) is 24.2 Å². The fourth-order valence-corrected chi connectivity index (χ4v) is 3.85. The minimum Gasteiger partial charge on any atom is -0.370 e. The molecule has 0 radical (unpaired) electrons. The summed E-state index contributed by atoms with van der Waals surface area (Å²) in [6.07, 6.45) is 1.57. The Morgan fingerprint density at radius 3 is 2.92 bits per heavy atom. The number of morpholine rings is 1. The van der Waals surface area contributed by atoms with Crippen LogP contribution in [0.5, 0.6) is 0 Å².